The van der Waals surface area contributed by atoms with Gasteiger partial charge in [0.05, 0.1) is 7.11 Å². The lowest BCUT2D eigenvalue weighted by molar-refractivity contribution is 0.386. The van der Waals surface area contributed by atoms with Crippen molar-refractivity contribution in [3.63, 3.8) is 0 Å². The molecule has 1 rings (SSSR count). The lowest BCUT2D eigenvalue weighted by atomic mass is 10.1. The molecule has 0 bridgehead atoms. The Morgan fingerprint density at radius 3 is 2.68 bits per heavy atom. The SMILES string of the molecule is CCCCCCC(C)NCc1ccc(OC)c(F)c1. The summed E-state index contributed by atoms with van der Waals surface area (Å²) in [5.74, 6) is 0.00811. The van der Waals surface area contributed by atoms with Crippen LogP contribution in [-0.2, 0) is 6.54 Å². The summed E-state index contributed by atoms with van der Waals surface area (Å²) in [6, 6.07) is 5.59. The molecule has 108 valence electrons. The fourth-order valence-electron chi connectivity index (χ4n) is 2.09. The van der Waals surface area contributed by atoms with Crippen LogP contribution in [0.1, 0.15) is 51.5 Å². The predicted octanol–water partition coefficient (Wildman–Crippen LogP) is 4.28. The second-order valence-corrected chi connectivity index (χ2v) is 5.10. The highest BCUT2D eigenvalue weighted by atomic mass is 19.1. The number of methoxy groups -OCH3 is 1. The number of unbranched alkanes of at least 4 members (excludes halogenated alkanes) is 3. The first-order chi connectivity index (χ1) is 9.17. The molecule has 0 saturated carbocycles. The molecule has 0 saturated heterocycles. The Hall–Kier alpha value is -1.09. The van der Waals surface area contributed by atoms with E-state index in [4.69, 9.17) is 4.74 Å². The van der Waals surface area contributed by atoms with Crippen LogP contribution in [0.3, 0.4) is 0 Å². The number of benzene rings is 1. The average Bonchev–Trinajstić information content (AvgIpc) is 2.41. The van der Waals surface area contributed by atoms with Crippen LogP contribution >= 0.6 is 0 Å². The summed E-state index contributed by atoms with van der Waals surface area (Å²) >= 11 is 0. The zero-order chi connectivity index (χ0) is 14.1. The van der Waals surface area contributed by atoms with E-state index in [2.05, 4.69) is 19.2 Å². The molecule has 0 aliphatic heterocycles. The third-order valence-electron chi connectivity index (χ3n) is 3.36. The van der Waals surface area contributed by atoms with Gasteiger partial charge in [0, 0.05) is 12.6 Å². The molecular weight excluding hydrogens is 241 g/mol. The zero-order valence-electron chi connectivity index (χ0n) is 12.3. The summed E-state index contributed by atoms with van der Waals surface area (Å²) < 4.78 is 18.4. The minimum atomic E-state index is -0.294. The molecule has 1 unspecified atom stereocenters. The van der Waals surface area contributed by atoms with Crippen molar-refractivity contribution in [2.45, 2.75) is 58.5 Å². The highest BCUT2D eigenvalue weighted by Crippen LogP contribution is 2.17. The van der Waals surface area contributed by atoms with E-state index in [1.165, 1.54) is 45.3 Å². The van der Waals surface area contributed by atoms with Crippen molar-refractivity contribution in [3.8, 4) is 5.75 Å². The Balaban J connectivity index is 2.29. The standard InChI is InChI=1S/C16H26FNO/c1-4-5-6-7-8-13(2)18-12-14-9-10-16(19-3)15(17)11-14/h9-11,13,18H,4-8,12H2,1-3H3. The molecule has 1 atom stereocenters. The molecule has 0 spiro atoms. The van der Waals surface area contributed by atoms with Crippen LogP contribution in [0.25, 0.3) is 0 Å². The molecule has 3 heteroatoms. The van der Waals surface area contributed by atoms with Gasteiger partial charge in [0.15, 0.2) is 11.6 Å². The molecule has 1 aromatic rings. The van der Waals surface area contributed by atoms with Crippen molar-refractivity contribution in [2.24, 2.45) is 0 Å². The van der Waals surface area contributed by atoms with E-state index in [0.29, 0.717) is 18.3 Å². The first-order valence-electron chi connectivity index (χ1n) is 7.23. The van der Waals surface area contributed by atoms with Crippen LogP contribution in [0, 0.1) is 5.82 Å². The van der Waals surface area contributed by atoms with Crippen LogP contribution in [0.15, 0.2) is 18.2 Å². The fraction of sp³-hybridized carbons (Fsp3) is 0.625. The fourth-order valence-corrected chi connectivity index (χ4v) is 2.09. The molecule has 0 amide bonds. The Morgan fingerprint density at radius 1 is 1.26 bits per heavy atom. The maximum Gasteiger partial charge on any atom is 0.165 e. The highest BCUT2D eigenvalue weighted by molar-refractivity contribution is 5.29. The minimum absolute atomic E-state index is 0.294. The van der Waals surface area contributed by atoms with Crippen LogP contribution in [-0.4, -0.2) is 13.2 Å². The van der Waals surface area contributed by atoms with Gasteiger partial charge in [-0.05, 0) is 31.0 Å². The van der Waals surface area contributed by atoms with Crippen LogP contribution < -0.4 is 10.1 Å². The van der Waals surface area contributed by atoms with E-state index in [1.807, 2.05) is 6.07 Å². The summed E-state index contributed by atoms with van der Waals surface area (Å²) in [5.41, 5.74) is 0.957. The Kier molecular flexibility index (Phi) is 7.49. The van der Waals surface area contributed by atoms with Gasteiger partial charge in [-0.15, -0.1) is 0 Å². The summed E-state index contributed by atoms with van der Waals surface area (Å²) in [4.78, 5) is 0. The molecule has 0 aliphatic carbocycles. The minimum Gasteiger partial charge on any atom is -0.494 e. The number of halogens is 1. The molecule has 0 heterocycles. The monoisotopic (exact) mass is 267 g/mol. The van der Waals surface area contributed by atoms with Gasteiger partial charge in [-0.1, -0.05) is 38.7 Å². The van der Waals surface area contributed by atoms with Gasteiger partial charge < -0.3 is 10.1 Å². The van der Waals surface area contributed by atoms with Crippen LogP contribution in [0.2, 0.25) is 0 Å². The molecular formula is C16H26FNO. The molecule has 0 aromatic heterocycles. The molecule has 1 aromatic carbocycles. The maximum atomic E-state index is 13.5. The molecule has 2 nitrogen and oxygen atoms in total. The second kappa shape index (κ2) is 8.92. The van der Waals surface area contributed by atoms with E-state index in [-0.39, 0.29) is 5.82 Å². The highest BCUT2D eigenvalue weighted by Gasteiger charge is 2.05. The molecule has 1 N–H and O–H groups in total. The predicted molar refractivity (Wildman–Crippen MR) is 78.0 cm³/mol. The summed E-state index contributed by atoms with van der Waals surface area (Å²) in [5, 5.41) is 3.43. The van der Waals surface area contributed by atoms with Gasteiger partial charge in [-0.25, -0.2) is 4.39 Å². The van der Waals surface area contributed by atoms with Gasteiger partial charge in [0.1, 0.15) is 0 Å². The first kappa shape index (κ1) is 16.0. The third kappa shape index (κ3) is 6.06. The number of ether oxygens (including phenoxy) is 1. The van der Waals surface area contributed by atoms with E-state index in [1.54, 1.807) is 6.07 Å². The van der Waals surface area contributed by atoms with Gasteiger partial charge in [-0.3, -0.25) is 0 Å². The van der Waals surface area contributed by atoms with Crippen molar-refractivity contribution >= 4 is 0 Å². The molecule has 19 heavy (non-hydrogen) atoms. The first-order valence-corrected chi connectivity index (χ1v) is 7.23. The summed E-state index contributed by atoms with van der Waals surface area (Å²) in [7, 11) is 1.48. The van der Waals surface area contributed by atoms with Crippen LogP contribution in [0.4, 0.5) is 4.39 Å². The number of hydrogen-bond acceptors (Lipinski definition) is 2. The van der Waals surface area contributed by atoms with Crippen molar-refractivity contribution in [3.05, 3.63) is 29.6 Å². The largest absolute Gasteiger partial charge is 0.494 e. The molecule has 0 radical (unpaired) electrons. The summed E-state index contributed by atoms with van der Waals surface area (Å²) in [6.07, 6.45) is 6.33. The Bertz CT molecular complexity index is 368. The van der Waals surface area contributed by atoms with Crippen molar-refractivity contribution in [1.82, 2.24) is 5.32 Å². The van der Waals surface area contributed by atoms with E-state index in [0.717, 1.165) is 5.56 Å². The molecule has 0 fully saturated rings. The van der Waals surface area contributed by atoms with E-state index in [9.17, 15) is 4.39 Å². The topological polar surface area (TPSA) is 21.3 Å². The quantitative estimate of drug-likeness (QED) is 0.674. The zero-order valence-corrected chi connectivity index (χ0v) is 12.3. The summed E-state index contributed by atoms with van der Waals surface area (Å²) in [6.45, 7) is 5.11. The van der Waals surface area contributed by atoms with Gasteiger partial charge in [0.25, 0.3) is 0 Å². The van der Waals surface area contributed by atoms with E-state index >= 15 is 0 Å². The normalized spacial score (nSPS) is 12.4. The lowest BCUT2D eigenvalue weighted by Gasteiger charge is -2.14. The van der Waals surface area contributed by atoms with Gasteiger partial charge in [-0.2, -0.15) is 0 Å². The number of rotatable bonds is 9. The Labute approximate surface area is 116 Å². The number of nitrogens with one attached hydrogen (secondary N) is 1. The van der Waals surface area contributed by atoms with E-state index < -0.39 is 0 Å². The third-order valence-corrected chi connectivity index (χ3v) is 3.36. The Morgan fingerprint density at radius 2 is 2.05 bits per heavy atom. The average molecular weight is 267 g/mol. The van der Waals surface area contributed by atoms with Crippen LogP contribution in [0.5, 0.6) is 5.75 Å². The van der Waals surface area contributed by atoms with Crippen molar-refractivity contribution < 1.29 is 9.13 Å². The van der Waals surface area contributed by atoms with Gasteiger partial charge >= 0.3 is 0 Å². The smallest absolute Gasteiger partial charge is 0.165 e. The second-order valence-electron chi connectivity index (χ2n) is 5.10. The number of hydrogen-bond donors (Lipinski definition) is 1. The molecule has 0 aliphatic rings. The van der Waals surface area contributed by atoms with Gasteiger partial charge in [0.2, 0.25) is 0 Å². The maximum absolute atomic E-state index is 13.5. The van der Waals surface area contributed by atoms with Crippen molar-refractivity contribution in [2.75, 3.05) is 7.11 Å². The van der Waals surface area contributed by atoms with Crippen molar-refractivity contribution in [1.29, 1.82) is 0 Å². The lowest BCUT2D eigenvalue weighted by Crippen LogP contribution is -2.25.